The summed E-state index contributed by atoms with van der Waals surface area (Å²) >= 11 is 0. The van der Waals surface area contributed by atoms with Crippen molar-refractivity contribution in [2.75, 3.05) is 19.0 Å². The second-order valence-corrected chi connectivity index (χ2v) is 6.05. The van der Waals surface area contributed by atoms with Crippen LogP contribution in [0.3, 0.4) is 0 Å². The summed E-state index contributed by atoms with van der Waals surface area (Å²) in [6, 6.07) is 11.8. The van der Waals surface area contributed by atoms with Crippen molar-refractivity contribution in [3.63, 3.8) is 0 Å². The molecule has 2 aromatic carbocycles. The first kappa shape index (κ1) is 19.2. The number of primary amides is 1. The van der Waals surface area contributed by atoms with Crippen LogP contribution in [-0.2, 0) is 15.1 Å². The molecule has 0 radical (unpaired) electrons. The van der Waals surface area contributed by atoms with Crippen LogP contribution in [0.5, 0.6) is 0 Å². The third kappa shape index (κ3) is 3.23. The predicted octanol–water partition coefficient (Wildman–Crippen LogP) is 0.506. The maximum atomic E-state index is 13.7. The molecule has 0 spiro atoms. The Labute approximate surface area is 160 Å². The van der Waals surface area contributed by atoms with E-state index in [1.54, 1.807) is 18.2 Å². The van der Waals surface area contributed by atoms with Crippen molar-refractivity contribution in [1.82, 2.24) is 10.6 Å². The van der Waals surface area contributed by atoms with Crippen molar-refractivity contribution >= 4 is 29.1 Å². The van der Waals surface area contributed by atoms with Crippen molar-refractivity contribution in [3.05, 3.63) is 65.5 Å². The third-order valence-electron chi connectivity index (χ3n) is 4.44. The molecule has 1 heterocycles. The summed E-state index contributed by atoms with van der Waals surface area (Å²) in [4.78, 5) is 40.6. The van der Waals surface area contributed by atoms with Gasteiger partial charge in [0.2, 0.25) is 5.91 Å². The van der Waals surface area contributed by atoms with E-state index in [1.165, 1.54) is 37.4 Å². The number of rotatable bonds is 5. The second-order valence-electron chi connectivity index (χ2n) is 6.05. The molecule has 0 saturated carbocycles. The van der Waals surface area contributed by atoms with Gasteiger partial charge in [-0.2, -0.15) is 0 Å². The van der Waals surface area contributed by atoms with Gasteiger partial charge in [-0.25, -0.2) is 4.39 Å². The highest BCUT2D eigenvalue weighted by atomic mass is 19.1. The number of nitrogens with zero attached hydrogens (tertiary/aromatic N) is 1. The van der Waals surface area contributed by atoms with Gasteiger partial charge in [-0.3, -0.25) is 24.7 Å². The molecular formula is C19H18FN5O3. The van der Waals surface area contributed by atoms with Crippen molar-refractivity contribution in [3.8, 4) is 0 Å². The molecule has 28 heavy (non-hydrogen) atoms. The van der Waals surface area contributed by atoms with Gasteiger partial charge in [0.25, 0.3) is 11.8 Å². The van der Waals surface area contributed by atoms with Crippen molar-refractivity contribution in [2.24, 2.45) is 10.7 Å². The minimum atomic E-state index is -1.58. The van der Waals surface area contributed by atoms with E-state index in [0.29, 0.717) is 11.3 Å². The molecule has 9 heteroatoms. The van der Waals surface area contributed by atoms with Crippen molar-refractivity contribution in [2.45, 2.75) is 5.54 Å². The molecule has 8 nitrogen and oxygen atoms in total. The van der Waals surface area contributed by atoms with Crippen LogP contribution in [0.15, 0.2) is 53.5 Å². The van der Waals surface area contributed by atoms with Crippen molar-refractivity contribution in [1.29, 1.82) is 0 Å². The molecule has 3 rings (SSSR count). The monoisotopic (exact) mass is 383 g/mol. The van der Waals surface area contributed by atoms with Crippen LogP contribution in [0, 0.1) is 5.82 Å². The van der Waals surface area contributed by atoms with E-state index < -0.39 is 29.1 Å². The molecule has 0 aliphatic carbocycles. The lowest BCUT2D eigenvalue weighted by Crippen LogP contribution is -2.58. The van der Waals surface area contributed by atoms with Gasteiger partial charge in [-0.15, -0.1) is 0 Å². The topological polar surface area (TPSA) is 126 Å². The molecule has 1 aliphatic rings. The van der Waals surface area contributed by atoms with E-state index in [0.717, 1.165) is 0 Å². The number of halogens is 1. The first-order valence-corrected chi connectivity index (χ1v) is 8.38. The third-order valence-corrected chi connectivity index (χ3v) is 4.44. The normalized spacial score (nSPS) is 18.3. The zero-order chi connectivity index (χ0) is 20.3. The summed E-state index contributed by atoms with van der Waals surface area (Å²) < 4.78 is 13.7. The number of hydrogen-bond acceptors (Lipinski definition) is 5. The Morgan fingerprint density at radius 3 is 2.39 bits per heavy atom. The lowest BCUT2D eigenvalue weighted by atomic mass is 9.84. The molecule has 3 amide bonds. The van der Waals surface area contributed by atoms with Gasteiger partial charge in [-0.05, 0) is 29.8 Å². The second kappa shape index (κ2) is 7.57. The Balaban J connectivity index is 1.88. The number of amides is 3. The summed E-state index contributed by atoms with van der Waals surface area (Å²) in [5.41, 5.74) is 4.66. The Morgan fingerprint density at radius 2 is 1.79 bits per heavy atom. The fourth-order valence-corrected chi connectivity index (χ4v) is 3.03. The molecule has 0 bridgehead atoms. The first-order chi connectivity index (χ1) is 13.4. The smallest absolute Gasteiger partial charge is 0.267 e. The summed E-state index contributed by atoms with van der Waals surface area (Å²) in [6.45, 7) is 0.0530. The quantitative estimate of drug-likeness (QED) is 0.600. The predicted molar refractivity (Wildman–Crippen MR) is 101 cm³/mol. The van der Waals surface area contributed by atoms with Gasteiger partial charge in [-0.1, -0.05) is 24.3 Å². The van der Waals surface area contributed by atoms with Crippen LogP contribution in [0.1, 0.15) is 15.9 Å². The fraction of sp³-hybridized carbons (Fsp3) is 0.158. The maximum absolute atomic E-state index is 13.7. The largest absolute Gasteiger partial charge is 0.367 e. The SMILES string of the molecule is CNC(=O)C1=NCNC1(C(N)=O)c1ccc(NC(=O)c2ccccc2F)cc1. The Bertz CT molecular complexity index is 974. The molecule has 1 aliphatic heterocycles. The maximum Gasteiger partial charge on any atom is 0.267 e. The lowest BCUT2D eigenvalue weighted by molar-refractivity contribution is -0.123. The first-order valence-electron chi connectivity index (χ1n) is 8.38. The number of carbonyl (C=O) groups excluding carboxylic acids is 3. The summed E-state index contributed by atoms with van der Waals surface area (Å²) in [5.74, 6) is -2.55. The molecule has 5 N–H and O–H groups in total. The van der Waals surface area contributed by atoms with Crippen LogP contribution >= 0.6 is 0 Å². The average molecular weight is 383 g/mol. The molecule has 0 fully saturated rings. The van der Waals surface area contributed by atoms with Gasteiger partial charge in [0, 0.05) is 12.7 Å². The molecule has 2 aromatic rings. The Kier molecular flexibility index (Phi) is 5.18. The number of aliphatic imine (C=N–C) groups is 1. The van der Waals surface area contributed by atoms with Gasteiger partial charge in [0.05, 0.1) is 12.2 Å². The molecular weight excluding hydrogens is 365 g/mol. The van der Waals surface area contributed by atoms with E-state index in [-0.39, 0.29) is 17.9 Å². The van der Waals surface area contributed by atoms with E-state index in [2.05, 4.69) is 20.9 Å². The number of carbonyl (C=O) groups is 3. The number of benzene rings is 2. The van der Waals surface area contributed by atoms with Gasteiger partial charge in [0.1, 0.15) is 11.5 Å². The molecule has 0 aromatic heterocycles. The molecule has 1 unspecified atom stereocenters. The van der Waals surface area contributed by atoms with Crippen LogP contribution < -0.4 is 21.7 Å². The zero-order valence-electron chi connectivity index (χ0n) is 15.0. The summed E-state index contributed by atoms with van der Waals surface area (Å²) in [5, 5.41) is 7.88. The highest BCUT2D eigenvalue weighted by Gasteiger charge is 2.49. The number of hydrogen-bond donors (Lipinski definition) is 4. The Hall–Kier alpha value is -3.59. The highest BCUT2D eigenvalue weighted by Crippen LogP contribution is 2.28. The van der Waals surface area contributed by atoms with Crippen molar-refractivity contribution < 1.29 is 18.8 Å². The average Bonchev–Trinajstić information content (AvgIpc) is 3.14. The van der Waals surface area contributed by atoms with Gasteiger partial charge in [0.15, 0.2) is 5.54 Å². The van der Waals surface area contributed by atoms with Crippen LogP contribution in [0.4, 0.5) is 10.1 Å². The van der Waals surface area contributed by atoms with Gasteiger partial charge < -0.3 is 16.4 Å². The molecule has 1 atom stereocenters. The van der Waals surface area contributed by atoms with E-state index in [4.69, 9.17) is 5.73 Å². The van der Waals surface area contributed by atoms with E-state index in [1.807, 2.05) is 0 Å². The number of nitrogens with one attached hydrogen (secondary N) is 3. The fourth-order valence-electron chi connectivity index (χ4n) is 3.03. The lowest BCUT2D eigenvalue weighted by Gasteiger charge is -2.27. The standard InChI is InChI=1S/C19H18FN5O3/c1-22-17(27)15-19(18(21)28,24-10-23-15)11-6-8-12(9-7-11)25-16(26)13-4-2-3-5-14(13)20/h2-9,24H,10H2,1H3,(H2,21,28)(H,22,27)(H,25,26). The van der Waals surface area contributed by atoms with Crippen LogP contribution in [-0.4, -0.2) is 37.1 Å². The molecule has 0 saturated heterocycles. The summed E-state index contributed by atoms with van der Waals surface area (Å²) in [7, 11) is 1.43. The Morgan fingerprint density at radius 1 is 1.11 bits per heavy atom. The number of anilines is 1. The van der Waals surface area contributed by atoms with Crippen LogP contribution in [0.2, 0.25) is 0 Å². The zero-order valence-corrected chi connectivity index (χ0v) is 15.0. The molecule has 144 valence electrons. The highest BCUT2D eigenvalue weighted by molar-refractivity contribution is 6.47. The summed E-state index contributed by atoms with van der Waals surface area (Å²) in [6.07, 6.45) is 0. The van der Waals surface area contributed by atoms with E-state index in [9.17, 15) is 18.8 Å². The van der Waals surface area contributed by atoms with Crippen LogP contribution in [0.25, 0.3) is 0 Å². The minimum Gasteiger partial charge on any atom is -0.367 e. The number of nitrogens with two attached hydrogens (primary N) is 1. The minimum absolute atomic E-state index is 0.0364. The van der Waals surface area contributed by atoms with E-state index >= 15 is 0 Å². The van der Waals surface area contributed by atoms with Gasteiger partial charge >= 0.3 is 0 Å².